The number of furan rings is 1. The fraction of sp³-hybridized carbons (Fsp3) is 0.500. The minimum absolute atomic E-state index is 0.290. The molecule has 0 aromatic carbocycles. The first-order chi connectivity index (χ1) is 7.11. The van der Waals surface area contributed by atoms with E-state index >= 15 is 0 Å². The first kappa shape index (κ1) is 11.6. The smallest absolute Gasteiger partial charge is 0.206 e. The zero-order chi connectivity index (χ0) is 11.3. The highest BCUT2D eigenvalue weighted by atomic mass is 16.3. The van der Waals surface area contributed by atoms with Crippen LogP contribution < -0.4 is 16.6 Å². The van der Waals surface area contributed by atoms with Crippen LogP contribution >= 0.6 is 0 Å². The Labute approximate surface area is 89.7 Å². The minimum atomic E-state index is 0.290. The molecule has 0 spiro atoms. The van der Waals surface area contributed by atoms with Crippen molar-refractivity contribution in [1.29, 1.82) is 0 Å². The van der Waals surface area contributed by atoms with E-state index in [1.54, 1.807) is 0 Å². The lowest BCUT2D eigenvalue weighted by molar-refractivity contribution is 0.485. The minimum Gasteiger partial charge on any atom is -0.464 e. The van der Waals surface area contributed by atoms with Gasteiger partial charge < -0.3 is 9.73 Å². The maximum atomic E-state index is 5.38. The normalized spacial score (nSPS) is 11.9. The Morgan fingerprint density at radius 3 is 2.73 bits per heavy atom. The maximum absolute atomic E-state index is 5.38. The Bertz CT molecular complexity index is 330. The number of hydrogen-bond donors (Lipinski definition) is 3. The van der Waals surface area contributed by atoms with Gasteiger partial charge in [0, 0.05) is 6.04 Å². The average Bonchev–Trinajstić information content (AvgIpc) is 2.58. The summed E-state index contributed by atoms with van der Waals surface area (Å²) in [6.07, 6.45) is 0. The largest absolute Gasteiger partial charge is 0.464 e. The van der Waals surface area contributed by atoms with Gasteiger partial charge >= 0.3 is 0 Å². The summed E-state index contributed by atoms with van der Waals surface area (Å²) in [5.74, 6) is 7.60. The second kappa shape index (κ2) is 5.41. The highest BCUT2D eigenvalue weighted by molar-refractivity contribution is 5.79. The average molecular weight is 210 g/mol. The van der Waals surface area contributed by atoms with E-state index in [0.29, 0.717) is 12.5 Å². The molecule has 0 aliphatic carbocycles. The third-order valence-electron chi connectivity index (χ3n) is 1.75. The fourth-order valence-corrected chi connectivity index (χ4v) is 1.13. The molecule has 5 nitrogen and oxygen atoms in total. The van der Waals surface area contributed by atoms with Crippen LogP contribution in [0.5, 0.6) is 0 Å². The quantitative estimate of drug-likeness (QED) is 0.300. The van der Waals surface area contributed by atoms with Gasteiger partial charge in [-0.1, -0.05) is 0 Å². The third-order valence-corrected chi connectivity index (χ3v) is 1.75. The lowest BCUT2D eigenvalue weighted by Gasteiger charge is -2.11. The molecule has 0 amide bonds. The van der Waals surface area contributed by atoms with Crippen molar-refractivity contribution in [3.05, 3.63) is 23.7 Å². The summed E-state index contributed by atoms with van der Waals surface area (Å²) in [7, 11) is 0. The van der Waals surface area contributed by atoms with Crippen LogP contribution in [-0.2, 0) is 6.54 Å². The topological polar surface area (TPSA) is 75.6 Å². The van der Waals surface area contributed by atoms with Gasteiger partial charge in [0.25, 0.3) is 0 Å². The number of nitrogens with two attached hydrogens (primary N) is 1. The molecule has 0 aliphatic heterocycles. The van der Waals surface area contributed by atoms with Crippen molar-refractivity contribution in [1.82, 2.24) is 10.7 Å². The van der Waals surface area contributed by atoms with E-state index in [1.807, 2.05) is 32.9 Å². The molecule has 5 heteroatoms. The van der Waals surface area contributed by atoms with Gasteiger partial charge in [-0.2, -0.15) is 0 Å². The molecule has 0 aliphatic rings. The number of hydrazine groups is 1. The Kier molecular flexibility index (Phi) is 4.17. The van der Waals surface area contributed by atoms with Crippen molar-refractivity contribution in [2.75, 3.05) is 0 Å². The molecule has 4 N–H and O–H groups in total. The van der Waals surface area contributed by atoms with E-state index in [9.17, 15) is 0 Å². The van der Waals surface area contributed by atoms with E-state index in [2.05, 4.69) is 15.7 Å². The molecule has 0 atom stereocenters. The van der Waals surface area contributed by atoms with Gasteiger partial charge in [0.2, 0.25) is 5.96 Å². The summed E-state index contributed by atoms with van der Waals surface area (Å²) >= 11 is 0. The second-order valence-electron chi connectivity index (χ2n) is 3.62. The molecule has 1 aromatic rings. The molecule has 15 heavy (non-hydrogen) atoms. The summed E-state index contributed by atoms with van der Waals surface area (Å²) in [5.41, 5.74) is 2.51. The summed E-state index contributed by atoms with van der Waals surface area (Å²) < 4.78 is 5.38. The number of hydrogen-bond acceptors (Lipinski definition) is 3. The van der Waals surface area contributed by atoms with Crippen molar-refractivity contribution in [3.8, 4) is 0 Å². The van der Waals surface area contributed by atoms with Crippen LogP contribution in [0, 0.1) is 6.92 Å². The van der Waals surface area contributed by atoms with Crippen LogP contribution in [0.4, 0.5) is 0 Å². The van der Waals surface area contributed by atoms with E-state index in [0.717, 1.165) is 11.5 Å². The molecule has 0 fully saturated rings. The van der Waals surface area contributed by atoms with Gasteiger partial charge in [-0.25, -0.2) is 10.8 Å². The summed E-state index contributed by atoms with van der Waals surface area (Å²) in [6, 6.07) is 4.11. The maximum Gasteiger partial charge on any atom is 0.206 e. The van der Waals surface area contributed by atoms with Crippen molar-refractivity contribution in [3.63, 3.8) is 0 Å². The Morgan fingerprint density at radius 2 is 2.27 bits per heavy atom. The molecule has 0 radical (unpaired) electrons. The lowest BCUT2D eigenvalue weighted by Crippen LogP contribution is -2.44. The van der Waals surface area contributed by atoms with E-state index in [-0.39, 0.29) is 6.04 Å². The zero-order valence-corrected chi connectivity index (χ0v) is 9.37. The van der Waals surface area contributed by atoms with Crippen LogP contribution in [0.2, 0.25) is 0 Å². The summed E-state index contributed by atoms with van der Waals surface area (Å²) in [4.78, 5) is 4.24. The lowest BCUT2D eigenvalue weighted by atomic mass is 10.4. The van der Waals surface area contributed by atoms with Gasteiger partial charge in [0.05, 0.1) is 0 Å². The molecule has 0 unspecified atom stereocenters. The molecular formula is C10H18N4O. The molecule has 0 bridgehead atoms. The van der Waals surface area contributed by atoms with E-state index in [1.165, 1.54) is 0 Å². The first-order valence-corrected chi connectivity index (χ1v) is 4.94. The van der Waals surface area contributed by atoms with Gasteiger partial charge in [-0.15, -0.1) is 0 Å². The molecule has 0 saturated carbocycles. The summed E-state index contributed by atoms with van der Waals surface area (Å²) in [6.45, 7) is 6.42. The van der Waals surface area contributed by atoms with Crippen molar-refractivity contribution in [2.45, 2.75) is 33.4 Å². The van der Waals surface area contributed by atoms with Crippen LogP contribution in [0.15, 0.2) is 21.5 Å². The second-order valence-corrected chi connectivity index (χ2v) is 3.62. The van der Waals surface area contributed by atoms with Gasteiger partial charge in [-0.3, -0.25) is 5.43 Å². The number of nitrogens with zero attached hydrogens (tertiary/aromatic N) is 1. The predicted molar refractivity (Wildman–Crippen MR) is 60.2 cm³/mol. The first-order valence-electron chi connectivity index (χ1n) is 4.94. The Balaban J connectivity index is 2.54. The molecule has 84 valence electrons. The number of guanidine groups is 1. The Hall–Kier alpha value is -1.49. The highest BCUT2D eigenvalue weighted by Crippen LogP contribution is 2.06. The number of rotatable bonds is 3. The van der Waals surface area contributed by atoms with E-state index in [4.69, 9.17) is 10.3 Å². The van der Waals surface area contributed by atoms with Crippen molar-refractivity contribution < 1.29 is 4.42 Å². The van der Waals surface area contributed by atoms with Crippen molar-refractivity contribution in [2.24, 2.45) is 10.8 Å². The molecular weight excluding hydrogens is 192 g/mol. The molecule has 1 rings (SSSR count). The molecule has 1 heterocycles. The van der Waals surface area contributed by atoms with Crippen LogP contribution in [-0.4, -0.2) is 12.0 Å². The molecule has 0 saturated heterocycles. The summed E-state index contributed by atoms with van der Waals surface area (Å²) in [5, 5.41) is 3.08. The monoisotopic (exact) mass is 210 g/mol. The van der Waals surface area contributed by atoms with Gasteiger partial charge in [-0.05, 0) is 32.9 Å². The van der Waals surface area contributed by atoms with E-state index < -0.39 is 0 Å². The fourth-order valence-electron chi connectivity index (χ4n) is 1.13. The third kappa shape index (κ3) is 4.03. The predicted octanol–water partition coefficient (Wildman–Crippen LogP) is 0.905. The van der Waals surface area contributed by atoms with Crippen LogP contribution in [0.25, 0.3) is 0 Å². The highest BCUT2D eigenvalue weighted by Gasteiger charge is 2.00. The number of aliphatic imine (C=N–C) groups is 1. The molecule has 1 aromatic heterocycles. The number of nitrogens with one attached hydrogen (secondary N) is 2. The zero-order valence-electron chi connectivity index (χ0n) is 9.37. The van der Waals surface area contributed by atoms with Gasteiger partial charge in [0.1, 0.15) is 18.1 Å². The van der Waals surface area contributed by atoms with Crippen LogP contribution in [0.1, 0.15) is 25.4 Å². The Morgan fingerprint density at radius 1 is 1.53 bits per heavy atom. The van der Waals surface area contributed by atoms with Crippen molar-refractivity contribution >= 4 is 5.96 Å². The standard InChI is InChI=1S/C10H18N4O/c1-7(2)13-10(14-11)12-6-9-5-4-8(3)15-9/h4-5,7H,6,11H2,1-3H3,(H2,12,13,14). The number of aryl methyl sites for hydroxylation is 1. The SMILES string of the molecule is Cc1ccc(CN=C(NN)NC(C)C)o1. The van der Waals surface area contributed by atoms with Crippen LogP contribution in [0.3, 0.4) is 0 Å². The van der Waals surface area contributed by atoms with Gasteiger partial charge in [0.15, 0.2) is 0 Å².